The third-order valence-corrected chi connectivity index (χ3v) is 4.89. The highest BCUT2D eigenvalue weighted by molar-refractivity contribution is 6.31. The van der Waals surface area contributed by atoms with Crippen LogP contribution in [0, 0.1) is 5.82 Å². The molecule has 2 aromatic carbocycles. The maximum atomic E-state index is 14.3. The topological polar surface area (TPSA) is 35.5 Å². The van der Waals surface area contributed by atoms with Crippen LogP contribution >= 0.6 is 11.6 Å². The molecule has 138 valence electrons. The number of hydrogen-bond acceptors (Lipinski definition) is 3. The van der Waals surface area contributed by atoms with Gasteiger partial charge in [0.1, 0.15) is 23.9 Å². The molecule has 3 nitrogen and oxygen atoms in total. The van der Waals surface area contributed by atoms with Gasteiger partial charge in [0.05, 0.1) is 5.56 Å². The van der Waals surface area contributed by atoms with Crippen molar-refractivity contribution in [2.24, 2.45) is 0 Å². The minimum absolute atomic E-state index is 0.0273. The van der Waals surface area contributed by atoms with E-state index in [1.165, 1.54) is 12.1 Å². The number of halogens is 2. The summed E-state index contributed by atoms with van der Waals surface area (Å²) in [6, 6.07) is 8.32. The van der Waals surface area contributed by atoms with Crippen LogP contribution in [0.4, 0.5) is 4.39 Å². The molecule has 0 aliphatic heterocycles. The number of carbonyl (C=O) groups excluding carboxylic acids is 1. The number of hydrogen-bond donors (Lipinski definition) is 0. The van der Waals surface area contributed by atoms with Crippen LogP contribution in [0.15, 0.2) is 30.3 Å². The Labute approximate surface area is 158 Å². The van der Waals surface area contributed by atoms with E-state index in [9.17, 15) is 9.18 Å². The van der Waals surface area contributed by atoms with E-state index < -0.39 is 11.8 Å². The predicted octanol–water partition coefficient (Wildman–Crippen LogP) is 5.81. The smallest absolute Gasteiger partial charge is 0.310 e. The van der Waals surface area contributed by atoms with E-state index in [1.807, 2.05) is 6.07 Å². The summed E-state index contributed by atoms with van der Waals surface area (Å²) >= 11 is 6.34. The van der Waals surface area contributed by atoms with Crippen LogP contribution in [0.5, 0.6) is 11.5 Å². The van der Waals surface area contributed by atoms with Gasteiger partial charge in [-0.15, -0.1) is 0 Å². The highest BCUT2D eigenvalue weighted by Gasteiger charge is 2.28. The molecule has 3 rings (SSSR count). The molecule has 0 amide bonds. The second-order valence-corrected chi connectivity index (χ2v) is 6.85. The van der Waals surface area contributed by atoms with Gasteiger partial charge in [0.2, 0.25) is 0 Å². The Morgan fingerprint density at radius 3 is 2.65 bits per heavy atom. The summed E-state index contributed by atoms with van der Waals surface area (Å²) in [6.45, 7) is 3.73. The molecule has 0 radical (unpaired) electrons. The summed E-state index contributed by atoms with van der Waals surface area (Å²) in [5.41, 5.74) is 2.44. The number of rotatable bonds is 7. The fourth-order valence-electron chi connectivity index (χ4n) is 2.85. The van der Waals surface area contributed by atoms with Crippen LogP contribution in [0.1, 0.15) is 55.7 Å². The van der Waals surface area contributed by atoms with E-state index in [1.54, 1.807) is 13.0 Å². The van der Waals surface area contributed by atoms with Gasteiger partial charge in [-0.05, 0) is 54.5 Å². The maximum absolute atomic E-state index is 14.3. The fourth-order valence-corrected chi connectivity index (χ4v) is 3.13. The van der Waals surface area contributed by atoms with E-state index in [0.717, 1.165) is 30.4 Å². The highest BCUT2D eigenvalue weighted by atomic mass is 35.5. The van der Waals surface area contributed by atoms with Crippen molar-refractivity contribution in [3.63, 3.8) is 0 Å². The first kappa shape index (κ1) is 18.7. The average molecular weight is 377 g/mol. The third-order valence-electron chi connectivity index (χ3n) is 4.54. The van der Waals surface area contributed by atoms with Gasteiger partial charge < -0.3 is 9.47 Å². The molecule has 5 heteroatoms. The molecule has 0 spiro atoms. The Balaban J connectivity index is 1.85. The highest BCUT2D eigenvalue weighted by Crippen LogP contribution is 2.46. The molecule has 1 fully saturated rings. The molecule has 1 aliphatic carbocycles. The van der Waals surface area contributed by atoms with Gasteiger partial charge in [-0.2, -0.15) is 0 Å². The third kappa shape index (κ3) is 4.18. The average Bonchev–Trinajstić information content (AvgIpc) is 3.46. The normalized spacial score (nSPS) is 13.5. The molecule has 0 aromatic heterocycles. The van der Waals surface area contributed by atoms with E-state index in [4.69, 9.17) is 21.1 Å². The Morgan fingerprint density at radius 2 is 2.00 bits per heavy atom. The lowest BCUT2D eigenvalue weighted by Gasteiger charge is -2.16. The summed E-state index contributed by atoms with van der Waals surface area (Å²) in [6.07, 6.45) is 3.32. The second kappa shape index (κ2) is 8.09. The number of esters is 1. The minimum atomic E-state index is -0.462. The quantitative estimate of drug-likeness (QED) is 0.451. The zero-order valence-electron chi connectivity index (χ0n) is 15.0. The van der Waals surface area contributed by atoms with Crippen molar-refractivity contribution in [3.8, 4) is 11.5 Å². The van der Waals surface area contributed by atoms with Crippen molar-refractivity contribution in [2.75, 3.05) is 0 Å². The SMILES string of the molecule is CCC(=O)Oc1cccc(F)c1COc1cc(Cl)c(CC)cc1C1CC1. The Kier molecular flexibility index (Phi) is 5.82. The number of benzene rings is 2. The lowest BCUT2D eigenvalue weighted by Crippen LogP contribution is -2.10. The standard InChI is InChI=1S/C21H22ClFO3/c1-3-13-10-15(14-8-9-14)20(11-17(13)22)25-12-16-18(23)6-5-7-19(16)26-21(24)4-2/h5-7,10-11,14H,3-4,8-9,12H2,1-2H3. The summed E-state index contributed by atoms with van der Waals surface area (Å²) in [5.74, 6) is 0.471. The summed E-state index contributed by atoms with van der Waals surface area (Å²) in [4.78, 5) is 11.6. The monoisotopic (exact) mass is 376 g/mol. The second-order valence-electron chi connectivity index (χ2n) is 6.44. The molecule has 0 heterocycles. The van der Waals surface area contributed by atoms with Crippen molar-refractivity contribution < 1.29 is 18.7 Å². The molecule has 0 saturated heterocycles. The first-order valence-corrected chi connectivity index (χ1v) is 9.34. The number of ether oxygens (including phenoxy) is 2. The molecule has 0 N–H and O–H groups in total. The minimum Gasteiger partial charge on any atom is -0.488 e. The van der Waals surface area contributed by atoms with Gasteiger partial charge in [-0.25, -0.2) is 4.39 Å². The van der Waals surface area contributed by atoms with Crippen molar-refractivity contribution in [2.45, 2.75) is 52.1 Å². The number of carbonyl (C=O) groups is 1. The molecule has 0 unspecified atom stereocenters. The predicted molar refractivity (Wildman–Crippen MR) is 99.5 cm³/mol. The zero-order valence-corrected chi connectivity index (χ0v) is 15.7. The molecule has 0 atom stereocenters. The van der Waals surface area contributed by atoms with Gasteiger partial charge >= 0.3 is 5.97 Å². The van der Waals surface area contributed by atoms with E-state index in [2.05, 4.69) is 13.0 Å². The van der Waals surface area contributed by atoms with E-state index >= 15 is 0 Å². The molecule has 0 bridgehead atoms. The lowest BCUT2D eigenvalue weighted by atomic mass is 10.0. The molecular weight excluding hydrogens is 355 g/mol. The van der Waals surface area contributed by atoms with Crippen LogP contribution in [-0.4, -0.2) is 5.97 Å². The van der Waals surface area contributed by atoms with Gasteiger partial charge in [0, 0.05) is 11.4 Å². The summed E-state index contributed by atoms with van der Waals surface area (Å²) < 4.78 is 25.4. The van der Waals surface area contributed by atoms with E-state index in [-0.39, 0.29) is 24.3 Å². The Morgan fingerprint density at radius 1 is 1.23 bits per heavy atom. The largest absolute Gasteiger partial charge is 0.488 e. The molecule has 1 saturated carbocycles. The Bertz CT molecular complexity index is 815. The fraction of sp³-hybridized carbons (Fsp3) is 0.381. The van der Waals surface area contributed by atoms with Crippen LogP contribution in [0.3, 0.4) is 0 Å². The van der Waals surface area contributed by atoms with Crippen molar-refractivity contribution >= 4 is 17.6 Å². The van der Waals surface area contributed by atoms with Crippen molar-refractivity contribution in [1.82, 2.24) is 0 Å². The molecule has 26 heavy (non-hydrogen) atoms. The van der Waals surface area contributed by atoms with Crippen molar-refractivity contribution in [1.29, 1.82) is 0 Å². The summed E-state index contributed by atoms with van der Waals surface area (Å²) in [5, 5.41) is 0.651. The van der Waals surface area contributed by atoms with Crippen LogP contribution in [-0.2, 0) is 17.8 Å². The Hall–Kier alpha value is -2.07. The molecule has 2 aromatic rings. The first-order valence-electron chi connectivity index (χ1n) is 8.96. The van der Waals surface area contributed by atoms with Crippen LogP contribution < -0.4 is 9.47 Å². The van der Waals surface area contributed by atoms with Gasteiger partial charge in [0.25, 0.3) is 0 Å². The summed E-state index contributed by atoms with van der Waals surface area (Å²) in [7, 11) is 0. The maximum Gasteiger partial charge on any atom is 0.310 e. The molecule has 1 aliphatic rings. The van der Waals surface area contributed by atoms with Gasteiger partial charge in [-0.3, -0.25) is 4.79 Å². The zero-order chi connectivity index (χ0) is 18.7. The molecular formula is C21H22ClFO3. The van der Waals surface area contributed by atoms with Crippen LogP contribution in [0.2, 0.25) is 5.02 Å². The van der Waals surface area contributed by atoms with Crippen molar-refractivity contribution in [3.05, 3.63) is 57.9 Å². The van der Waals surface area contributed by atoms with Gasteiger partial charge in [0.15, 0.2) is 0 Å². The van der Waals surface area contributed by atoms with E-state index in [0.29, 0.717) is 16.7 Å². The number of aryl methyl sites for hydroxylation is 1. The van der Waals surface area contributed by atoms with Gasteiger partial charge in [-0.1, -0.05) is 37.6 Å². The lowest BCUT2D eigenvalue weighted by molar-refractivity contribution is -0.134. The first-order chi connectivity index (χ1) is 12.5. The van der Waals surface area contributed by atoms with Crippen LogP contribution in [0.25, 0.3) is 0 Å².